The number of aromatic nitrogens is 3. The summed E-state index contributed by atoms with van der Waals surface area (Å²) in [4.78, 5) is 13.0. The fourth-order valence-corrected chi connectivity index (χ4v) is 5.16. The number of sulfonamides is 1. The van der Waals surface area contributed by atoms with E-state index in [0.29, 0.717) is 25.3 Å². The van der Waals surface area contributed by atoms with E-state index in [1.807, 2.05) is 32.0 Å². The standard InChI is InChI=1S/C20H24N4O3S/c1-15-6-7-16(2)17(12-15)13-24-20(25)23-14-18(8-9-19(23)21-24)28(26,27)22-10-4-3-5-11-22/h6-9,12,14H,3-5,10-11,13H2,1-2H3. The van der Waals surface area contributed by atoms with Gasteiger partial charge in [0.25, 0.3) is 0 Å². The molecule has 0 spiro atoms. The summed E-state index contributed by atoms with van der Waals surface area (Å²) in [5, 5.41) is 4.37. The maximum atomic E-state index is 12.9. The molecule has 1 aromatic carbocycles. The van der Waals surface area contributed by atoms with Crippen molar-refractivity contribution < 1.29 is 8.42 Å². The van der Waals surface area contributed by atoms with Crippen LogP contribution in [0.25, 0.3) is 5.65 Å². The maximum absolute atomic E-state index is 12.9. The van der Waals surface area contributed by atoms with Crippen molar-refractivity contribution in [3.8, 4) is 0 Å². The maximum Gasteiger partial charge on any atom is 0.350 e. The zero-order chi connectivity index (χ0) is 19.9. The molecule has 1 saturated heterocycles. The van der Waals surface area contributed by atoms with Gasteiger partial charge in [-0.05, 0) is 49.9 Å². The number of aryl methyl sites for hydroxylation is 2. The molecule has 0 unspecified atom stereocenters. The predicted molar refractivity (Wildman–Crippen MR) is 107 cm³/mol. The Kier molecular flexibility index (Phi) is 4.84. The van der Waals surface area contributed by atoms with Crippen molar-refractivity contribution >= 4 is 15.7 Å². The van der Waals surface area contributed by atoms with Crippen LogP contribution >= 0.6 is 0 Å². The van der Waals surface area contributed by atoms with Crippen molar-refractivity contribution in [2.75, 3.05) is 13.1 Å². The number of hydrogen-bond donors (Lipinski definition) is 0. The molecule has 0 bridgehead atoms. The number of pyridine rings is 1. The largest absolute Gasteiger partial charge is 0.350 e. The molecule has 0 radical (unpaired) electrons. The van der Waals surface area contributed by atoms with Crippen LogP contribution in [-0.2, 0) is 16.6 Å². The molecule has 0 atom stereocenters. The molecule has 0 saturated carbocycles. The molecule has 148 valence electrons. The lowest BCUT2D eigenvalue weighted by molar-refractivity contribution is 0.346. The number of fused-ring (bicyclic) bond motifs is 1. The third-order valence-electron chi connectivity index (χ3n) is 5.33. The first kappa shape index (κ1) is 18.9. The fourth-order valence-electron chi connectivity index (χ4n) is 3.64. The minimum Gasteiger partial charge on any atom is -0.249 e. The van der Waals surface area contributed by atoms with Crippen LogP contribution in [0.2, 0.25) is 0 Å². The van der Waals surface area contributed by atoms with Gasteiger partial charge in [-0.25, -0.2) is 22.3 Å². The van der Waals surface area contributed by atoms with Crippen molar-refractivity contribution in [2.24, 2.45) is 0 Å². The van der Waals surface area contributed by atoms with Crippen LogP contribution in [0.1, 0.15) is 36.0 Å². The Hall–Kier alpha value is -2.45. The Morgan fingerprint density at radius 1 is 1.04 bits per heavy atom. The van der Waals surface area contributed by atoms with Gasteiger partial charge >= 0.3 is 5.69 Å². The molecule has 28 heavy (non-hydrogen) atoms. The molecule has 8 heteroatoms. The van der Waals surface area contributed by atoms with Gasteiger partial charge in [0, 0.05) is 19.3 Å². The van der Waals surface area contributed by atoms with Crippen LogP contribution in [0.5, 0.6) is 0 Å². The lowest BCUT2D eigenvalue weighted by Crippen LogP contribution is -2.35. The van der Waals surface area contributed by atoms with E-state index in [-0.39, 0.29) is 10.6 Å². The summed E-state index contributed by atoms with van der Waals surface area (Å²) < 4.78 is 30.0. The third kappa shape index (κ3) is 3.38. The average Bonchev–Trinajstić information content (AvgIpc) is 3.00. The van der Waals surface area contributed by atoms with Crippen LogP contribution in [0.3, 0.4) is 0 Å². The molecule has 0 amide bonds. The van der Waals surface area contributed by atoms with Crippen LogP contribution in [0, 0.1) is 13.8 Å². The Labute approximate surface area is 164 Å². The van der Waals surface area contributed by atoms with Gasteiger partial charge in [0.15, 0.2) is 5.65 Å². The van der Waals surface area contributed by atoms with Crippen molar-refractivity contribution in [3.05, 3.63) is 63.7 Å². The van der Waals surface area contributed by atoms with Gasteiger partial charge in [0.2, 0.25) is 10.0 Å². The predicted octanol–water partition coefficient (Wildman–Crippen LogP) is 2.34. The summed E-state index contributed by atoms with van der Waals surface area (Å²) >= 11 is 0. The third-order valence-corrected chi connectivity index (χ3v) is 7.21. The normalized spacial score (nSPS) is 15.9. The smallest absolute Gasteiger partial charge is 0.249 e. The molecule has 0 aliphatic carbocycles. The number of rotatable bonds is 4. The fraction of sp³-hybridized carbons (Fsp3) is 0.400. The average molecular weight is 401 g/mol. The first-order chi connectivity index (χ1) is 13.4. The summed E-state index contributed by atoms with van der Waals surface area (Å²) in [5.41, 5.74) is 3.32. The quantitative estimate of drug-likeness (QED) is 0.674. The topological polar surface area (TPSA) is 76.7 Å². The highest BCUT2D eigenvalue weighted by atomic mass is 32.2. The molecule has 1 fully saturated rings. The second-order valence-corrected chi connectivity index (χ2v) is 9.37. The first-order valence-electron chi connectivity index (χ1n) is 9.52. The van der Waals surface area contributed by atoms with E-state index in [9.17, 15) is 13.2 Å². The molecule has 4 rings (SSSR count). The van der Waals surface area contributed by atoms with Crippen LogP contribution in [0.15, 0.2) is 46.2 Å². The van der Waals surface area contributed by atoms with Gasteiger partial charge in [-0.1, -0.05) is 30.2 Å². The van der Waals surface area contributed by atoms with Gasteiger partial charge < -0.3 is 0 Å². The van der Waals surface area contributed by atoms with Gasteiger partial charge in [-0.3, -0.25) is 0 Å². The molecule has 2 aromatic heterocycles. The van der Waals surface area contributed by atoms with Crippen LogP contribution in [-0.4, -0.2) is 40.0 Å². The highest BCUT2D eigenvalue weighted by Gasteiger charge is 2.26. The van der Waals surface area contributed by atoms with Crippen molar-refractivity contribution in [3.63, 3.8) is 0 Å². The number of piperidine rings is 1. The lowest BCUT2D eigenvalue weighted by Gasteiger charge is -2.25. The molecular weight excluding hydrogens is 376 g/mol. The summed E-state index contributed by atoms with van der Waals surface area (Å²) in [6, 6.07) is 9.22. The highest BCUT2D eigenvalue weighted by Crippen LogP contribution is 2.20. The number of benzene rings is 1. The van der Waals surface area contributed by atoms with Crippen LogP contribution < -0.4 is 5.69 Å². The van der Waals surface area contributed by atoms with Gasteiger partial charge in [0.05, 0.1) is 11.4 Å². The van der Waals surface area contributed by atoms with Crippen molar-refractivity contribution in [1.29, 1.82) is 0 Å². The van der Waals surface area contributed by atoms with E-state index in [1.54, 1.807) is 6.07 Å². The van der Waals surface area contributed by atoms with E-state index >= 15 is 0 Å². The monoisotopic (exact) mass is 400 g/mol. The summed E-state index contributed by atoms with van der Waals surface area (Å²) in [6.07, 6.45) is 4.19. The Morgan fingerprint density at radius 2 is 1.79 bits per heavy atom. The minimum absolute atomic E-state index is 0.135. The van der Waals surface area contributed by atoms with Crippen molar-refractivity contribution in [1.82, 2.24) is 18.5 Å². The number of hydrogen-bond acceptors (Lipinski definition) is 4. The molecular formula is C20H24N4O3S. The molecule has 3 heterocycles. The second kappa shape index (κ2) is 7.18. The van der Waals surface area contributed by atoms with Gasteiger partial charge in [0.1, 0.15) is 0 Å². The first-order valence-corrected chi connectivity index (χ1v) is 11.0. The van der Waals surface area contributed by atoms with E-state index in [2.05, 4.69) is 5.10 Å². The van der Waals surface area contributed by atoms with Gasteiger partial charge in [-0.2, -0.15) is 4.31 Å². The summed E-state index contributed by atoms with van der Waals surface area (Å²) in [7, 11) is -3.60. The molecule has 7 nitrogen and oxygen atoms in total. The molecule has 3 aromatic rings. The molecule has 1 aliphatic rings. The van der Waals surface area contributed by atoms with E-state index in [1.165, 1.54) is 25.7 Å². The summed E-state index contributed by atoms with van der Waals surface area (Å²) in [5.74, 6) is 0. The van der Waals surface area contributed by atoms with E-state index < -0.39 is 10.0 Å². The van der Waals surface area contributed by atoms with Crippen molar-refractivity contribution in [2.45, 2.75) is 44.6 Å². The SMILES string of the molecule is Cc1ccc(C)c(Cn2nc3ccc(S(=O)(=O)N4CCCCC4)cn3c2=O)c1. The zero-order valence-electron chi connectivity index (χ0n) is 16.1. The van der Waals surface area contributed by atoms with E-state index in [0.717, 1.165) is 36.0 Å². The number of nitrogens with zero attached hydrogens (tertiary/aromatic N) is 4. The van der Waals surface area contributed by atoms with Gasteiger partial charge in [-0.15, -0.1) is 5.10 Å². The Bertz CT molecular complexity index is 1190. The second-order valence-electron chi connectivity index (χ2n) is 7.43. The Balaban J connectivity index is 1.72. The minimum atomic E-state index is -3.60. The molecule has 0 N–H and O–H groups in total. The molecule has 1 aliphatic heterocycles. The lowest BCUT2D eigenvalue weighted by atomic mass is 10.1. The van der Waals surface area contributed by atoms with Crippen LogP contribution in [0.4, 0.5) is 0 Å². The van der Waals surface area contributed by atoms with E-state index in [4.69, 9.17) is 0 Å². The summed E-state index contributed by atoms with van der Waals surface area (Å²) in [6.45, 7) is 5.41. The Morgan fingerprint density at radius 3 is 2.54 bits per heavy atom. The zero-order valence-corrected chi connectivity index (χ0v) is 16.9. The highest BCUT2D eigenvalue weighted by molar-refractivity contribution is 7.89.